The van der Waals surface area contributed by atoms with Crippen molar-refractivity contribution in [2.75, 3.05) is 36.4 Å². The van der Waals surface area contributed by atoms with Gasteiger partial charge in [-0.3, -0.25) is 5.32 Å². The summed E-state index contributed by atoms with van der Waals surface area (Å²) in [6.45, 7) is 4.67. The summed E-state index contributed by atoms with van der Waals surface area (Å²) in [4.78, 5) is 16.2. The molecule has 2 heterocycles. The average Bonchev–Trinajstić information content (AvgIpc) is 2.93. The second-order valence-electron chi connectivity index (χ2n) is 5.20. The number of anilines is 2. The van der Waals surface area contributed by atoms with Crippen LogP contribution in [0.15, 0.2) is 34.9 Å². The first-order chi connectivity index (χ1) is 10.6. The molecule has 116 valence electrons. The van der Waals surface area contributed by atoms with E-state index in [1.165, 1.54) is 0 Å². The van der Waals surface area contributed by atoms with Gasteiger partial charge in [0.1, 0.15) is 5.76 Å². The van der Waals surface area contributed by atoms with Crippen molar-refractivity contribution in [2.24, 2.45) is 0 Å². The Morgan fingerprint density at radius 2 is 1.91 bits per heavy atom. The smallest absolute Gasteiger partial charge is 0.323 e. The molecule has 3 rings (SSSR count). The molecule has 1 aliphatic rings. The van der Waals surface area contributed by atoms with Crippen LogP contribution in [0.25, 0.3) is 0 Å². The molecule has 0 unspecified atom stereocenters. The summed E-state index contributed by atoms with van der Waals surface area (Å²) in [7, 11) is 0. The highest BCUT2D eigenvalue weighted by Crippen LogP contribution is 2.19. The molecule has 1 N–H and O–H groups in total. The van der Waals surface area contributed by atoms with Gasteiger partial charge in [-0.25, -0.2) is 4.79 Å². The predicted molar refractivity (Wildman–Crippen MR) is 85.5 cm³/mol. The maximum absolute atomic E-state index is 12.2. The lowest BCUT2D eigenvalue weighted by Gasteiger charge is -2.35. The van der Waals surface area contributed by atoms with E-state index in [0.717, 1.165) is 23.8 Å². The van der Waals surface area contributed by atoms with Crippen molar-refractivity contribution in [1.82, 2.24) is 10.1 Å². The van der Waals surface area contributed by atoms with Gasteiger partial charge in [0, 0.05) is 43.0 Å². The lowest BCUT2D eigenvalue weighted by Crippen LogP contribution is -2.50. The molecule has 2 amide bonds. The first-order valence-corrected chi connectivity index (χ1v) is 7.49. The van der Waals surface area contributed by atoms with E-state index >= 15 is 0 Å². The number of aromatic nitrogens is 1. The number of piperazine rings is 1. The molecule has 0 bridgehead atoms. The van der Waals surface area contributed by atoms with E-state index < -0.39 is 0 Å². The van der Waals surface area contributed by atoms with E-state index in [9.17, 15) is 4.79 Å². The van der Waals surface area contributed by atoms with Crippen molar-refractivity contribution < 1.29 is 9.32 Å². The van der Waals surface area contributed by atoms with E-state index in [4.69, 9.17) is 16.1 Å². The van der Waals surface area contributed by atoms with Gasteiger partial charge < -0.3 is 14.3 Å². The highest BCUT2D eigenvalue weighted by Gasteiger charge is 2.21. The van der Waals surface area contributed by atoms with Crippen molar-refractivity contribution in [3.8, 4) is 0 Å². The largest absolute Gasteiger partial charge is 0.368 e. The lowest BCUT2D eigenvalue weighted by atomic mass is 10.2. The fourth-order valence-electron chi connectivity index (χ4n) is 2.43. The second kappa shape index (κ2) is 6.27. The Bertz CT molecular complexity index is 648. The summed E-state index contributed by atoms with van der Waals surface area (Å²) in [6.07, 6.45) is 0. The maximum Gasteiger partial charge on any atom is 0.323 e. The summed E-state index contributed by atoms with van der Waals surface area (Å²) in [6, 6.07) is 9.30. The maximum atomic E-state index is 12.2. The van der Waals surface area contributed by atoms with Gasteiger partial charge in [0.25, 0.3) is 0 Å². The van der Waals surface area contributed by atoms with Crippen molar-refractivity contribution in [3.63, 3.8) is 0 Å². The summed E-state index contributed by atoms with van der Waals surface area (Å²) < 4.78 is 4.93. The molecule has 2 aromatic rings. The quantitative estimate of drug-likeness (QED) is 0.924. The molecular formula is C15H17ClN4O2. The number of nitrogens with zero attached hydrogens (tertiary/aromatic N) is 3. The summed E-state index contributed by atoms with van der Waals surface area (Å²) in [5.41, 5.74) is 1.12. The molecular weight excluding hydrogens is 304 g/mol. The number of amides is 2. The van der Waals surface area contributed by atoms with Crippen LogP contribution in [-0.4, -0.2) is 42.3 Å². The topological polar surface area (TPSA) is 61.6 Å². The summed E-state index contributed by atoms with van der Waals surface area (Å²) in [5, 5.41) is 7.23. The van der Waals surface area contributed by atoms with Crippen LogP contribution in [0.4, 0.5) is 16.3 Å². The van der Waals surface area contributed by atoms with E-state index in [0.29, 0.717) is 24.7 Å². The van der Waals surface area contributed by atoms with Gasteiger partial charge in [0.2, 0.25) is 0 Å². The van der Waals surface area contributed by atoms with E-state index in [-0.39, 0.29) is 6.03 Å². The predicted octanol–water partition coefficient (Wildman–Crippen LogP) is 2.99. The zero-order chi connectivity index (χ0) is 15.5. The Morgan fingerprint density at radius 1 is 1.23 bits per heavy atom. The normalized spacial score (nSPS) is 15.0. The molecule has 0 spiro atoms. The third-order valence-corrected chi connectivity index (χ3v) is 3.87. The fourth-order valence-corrected chi connectivity index (χ4v) is 2.56. The minimum absolute atomic E-state index is 0.149. The first kappa shape index (κ1) is 14.7. The van der Waals surface area contributed by atoms with Crippen molar-refractivity contribution in [2.45, 2.75) is 6.92 Å². The molecule has 1 aliphatic heterocycles. The number of urea groups is 1. The number of hydrogen-bond acceptors (Lipinski definition) is 4. The van der Waals surface area contributed by atoms with Gasteiger partial charge >= 0.3 is 6.03 Å². The van der Waals surface area contributed by atoms with Crippen molar-refractivity contribution in [3.05, 3.63) is 41.1 Å². The Balaban J connectivity index is 1.54. The van der Waals surface area contributed by atoms with E-state index in [2.05, 4.69) is 15.4 Å². The number of aryl methyl sites for hydroxylation is 1. The second-order valence-corrected chi connectivity index (χ2v) is 5.64. The van der Waals surface area contributed by atoms with Gasteiger partial charge in [-0.15, -0.1) is 0 Å². The highest BCUT2D eigenvalue weighted by atomic mass is 35.5. The SMILES string of the molecule is Cc1cc(NC(=O)N2CCN(c3ccc(Cl)cc3)CC2)no1. The van der Waals surface area contributed by atoms with Crippen molar-refractivity contribution >= 4 is 29.1 Å². The molecule has 1 aromatic heterocycles. The standard InChI is InChI=1S/C15H17ClN4O2/c1-11-10-14(18-22-11)17-15(21)20-8-6-19(7-9-20)13-4-2-12(16)3-5-13/h2-5,10H,6-9H2,1H3,(H,17,18,21). The molecule has 1 saturated heterocycles. The Morgan fingerprint density at radius 3 is 2.50 bits per heavy atom. The van der Waals surface area contributed by atoms with Crippen LogP contribution in [0, 0.1) is 6.92 Å². The number of benzene rings is 1. The Hall–Kier alpha value is -2.21. The van der Waals surface area contributed by atoms with Gasteiger partial charge in [0.05, 0.1) is 0 Å². The minimum atomic E-state index is -0.149. The zero-order valence-corrected chi connectivity index (χ0v) is 13.0. The monoisotopic (exact) mass is 320 g/mol. The molecule has 0 aliphatic carbocycles. The molecule has 6 nitrogen and oxygen atoms in total. The van der Waals surface area contributed by atoms with Crippen LogP contribution < -0.4 is 10.2 Å². The molecule has 22 heavy (non-hydrogen) atoms. The molecule has 0 atom stereocenters. The molecule has 1 fully saturated rings. The van der Waals surface area contributed by atoms with Crippen LogP contribution >= 0.6 is 11.6 Å². The van der Waals surface area contributed by atoms with Crippen LogP contribution in [0.3, 0.4) is 0 Å². The molecule has 0 radical (unpaired) electrons. The number of carbonyl (C=O) groups excluding carboxylic acids is 1. The highest BCUT2D eigenvalue weighted by molar-refractivity contribution is 6.30. The lowest BCUT2D eigenvalue weighted by molar-refractivity contribution is 0.208. The summed E-state index contributed by atoms with van der Waals surface area (Å²) in [5.74, 6) is 1.12. The number of nitrogens with one attached hydrogen (secondary N) is 1. The third kappa shape index (κ3) is 3.33. The van der Waals surface area contributed by atoms with E-state index in [1.54, 1.807) is 17.9 Å². The van der Waals surface area contributed by atoms with Gasteiger partial charge in [-0.2, -0.15) is 0 Å². The van der Waals surface area contributed by atoms with Crippen LogP contribution in [0.1, 0.15) is 5.76 Å². The Labute approximate surface area is 133 Å². The van der Waals surface area contributed by atoms with E-state index in [1.807, 2.05) is 24.3 Å². The van der Waals surface area contributed by atoms with Gasteiger partial charge in [0.15, 0.2) is 5.82 Å². The van der Waals surface area contributed by atoms with Gasteiger partial charge in [-0.05, 0) is 31.2 Å². The molecule has 0 saturated carbocycles. The zero-order valence-electron chi connectivity index (χ0n) is 12.3. The van der Waals surface area contributed by atoms with Gasteiger partial charge in [-0.1, -0.05) is 16.8 Å². The van der Waals surface area contributed by atoms with Crippen LogP contribution in [0.2, 0.25) is 5.02 Å². The minimum Gasteiger partial charge on any atom is -0.368 e. The first-order valence-electron chi connectivity index (χ1n) is 7.11. The molecule has 7 heteroatoms. The average molecular weight is 321 g/mol. The fraction of sp³-hybridized carbons (Fsp3) is 0.333. The number of rotatable bonds is 2. The van der Waals surface area contributed by atoms with Crippen LogP contribution in [0.5, 0.6) is 0 Å². The third-order valence-electron chi connectivity index (χ3n) is 3.62. The number of halogens is 1. The Kier molecular flexibility index (Phi) is 4.20. The van der Waals surface area contributed by atoms with Crippen LogP contribution in [-0.2, 0) is 0 Å². The van der Waals surface area contributed by atoms with Crippen molar-refractivity contribution in [1.29, 1.82) is 0 Å². The number of carbonyl (C=O) groups is 1. The molecule has 1 aromatic carbocycles. The summed E-state index contributed by atoms with van der Waals surface area (Å²) >= 11 is 5.90. The number of hydrogen-bond donors (Lipinski definition) is 1.